The Morgan fingerprint density at radius 2 is 2.10 bits per heavy atom. The first kappa shape index (κ1) is 17.8. The third kappa shape index (κ3) is 5.92. The van der Waals surface area contributed by atoms with Gasteiger partial charge in [-0.1, -0.05) is 24.2 Å². The molecule has 0 amide bonds. The first-order valence-corrected chi connectivity index (χ1v) is 8.03. The minimum Gasteiger partial charge on any atom is -0.475 e. The van der Waals surface area contributed by atoms with Crippen molar-refractivity contribution in [2.24, 2.45) is 5.92 Å². The molecule has 0 spiro atoms. The Balaban J connectivity index is 2.46. The second-order valence-electron chi connectivity index (χ2n) is 4.79. The van der Waals surface area contributed by atoms with Crippen LogP contribution in [0.4, 0.5) is 0 Å². The molecule has 0 aliphatic carbocycles. The molecule has 1 heterocycles. The second kappa shape index (κ2) is 9.62. The van der Waals surface area contributed by atoms with E-state index in [1.54, 1.807) is 6.20 Å². The highest BCUT2D eigenvalue weighted by Gasteiger charge is 2.26. The van der Waals surface area contributed by atoms with Crippen LogP contribution in [0.1, 0.15) is 32.7 Å². The Hall–Kier alpha value is -1.28. The van der Waals surface area contributed by atoms with Crippen LogP contribution in [0.15, 0.2) is 6.20 Å². The van der Waals surface area contributed by atoms with Crippen molar-refractivity contribution < 1.29 is 18.5 Å². The Morgan fingerprint density at radius 1 is 1.38 bits per heavy atom. The summed E-state index contributed by atoms with van der Waals surface area (Å²) in [5.41, 5.74) is 0. The van der Waals surface area contributed by atoms with Gasteiger partial charge in [0.25, 0.3) is 5.88 Å². The van der Waals surface area contributed by atoms with Crippen molar-refractivity contribution in [1.82, 2.24) is 15.0 Å². The van der Waals surface area contributed by atoms with Gasteiger partial charge in [-0.25, -0.2) is 9.48 Å². The molecule has 0 N–H and O–H groups in total. The van der Waals surface area contributed by atoms with Crippen molar-refractivity contribution in [3.63, 3.8) is 0 Å². The Kier molecular flexibility index (Phi) is 8.14. The summed E-state index contributed by atoms with van der Waals surface area (Å²) in [5.74, 6) is 0.127. The van der Waals surface area contributed by atoms with E-state index in [0.717, 1.165) is 12.8 Å². The van der Waals surface area contributed by atoms with E-state index >= 15 is 0 Å². The molecular weight excluding hydrogens is 294 g/mol. The van der Waals surface area contributed by atoms with E-state index in [0.29, 0.717) is 19.1 Å². The molecule has 7 nitrogen and oxygen atoms in total. The van der Waals surface area contributed by atoms with Gasteiger partial charge < -0.3 is 13.7 Å². The number of unbranched alkanes of at least 4 members (excludes halogenated alkanes) is 1. The third-order valence-electron chi connectivity index (χ3n) is 2.84. The average molecular weight is 317 g/mol. The molecule has 8 heteroatoms. The van der Waals surface area contributed by atoms with Gasteiger partial charge in [0.15, 0.2) is 6.04 Å². The zero-order valence-corrected chi connectivity index (χ0v) is 13.8. The number of aromatic nitrogens is 3. The summed E-state index contributed by atoms with van der Waals surface area (Å²) in [6.07, 6.45) is 5.31. The number of carbonyl (C=O) groups excluding carboxylic acids is 1. The van der Waals surface area contributed by atoms with Crippen LogP contribution < -0.4 is 4.74 Å². The highest BCUT2D eigenvalue weighted by Crippen LogP contribution is 2.20. The molecule has 120 valence electrons. The maximum Gasteiger partial charge on any atom is 0.330 e. The number of nitrogens with zero attached hydrogens (tertiary/aromatic N) is 3. The van der Waals surface area contributed by atoms with Crippen LogP contribution in [-0.4, -0.2) is 47.5 Å². The van der Waals surface area contributed by atoms with Crippen LogP contribution in [0, 0.1) is 5.92 Å². The van der Waals surface area contributed by atoms with E-state index in [2.05, 4.69) is 10.3 Å². The van der Waals surface area contributed by atoms with Gasteiger partial charge in [-0.3, -0.25) is 0 Å². The van der Waals surface area contributed by atoms with E-state index in [1.807, 2.05) is 20.1 Å². The highest BCUT2D eigenvalue weighted by atomic mass is 32.2. The molecule has 0 aliphatic heterocycles. The van der Waals surface area contributed by atoms with Gasteiger partial charge in [-0.05, 0) is 30.8 Å². The molecular formula is C13H23N3O4S. The lowest BCUT2D eigenvalue weighted by Gasteiger charge is -2.17. The molecule has 0 radical (unpaired) electrons. The fourth-order valence-corrected chi connectivity index (χ4v) is 2.08. The molecule has 0 saturated heterocycles. The summed E-state index contributed by atoms with van der Waals surface area (Å²) in [7, 11) is 1.36. The summed E-state index contributed by atoms with van der Waals surface area (Å²) in [6.45, 7) is 5.10. The fourth-order valence-electron chi connectivity index (χ4n) is 1.79. The lowest BCUT2D eigenvalue weighted by atomic mass is 10.1. The van der Waals surface area contributed by atoms with Crippen molar-refractivity contribution in [1.29, 1.82) is 0 Å². The SMILES string of the molecule is COC(=O)C(C(C)C)n1cc(OCCCCOSC)nn1. The van der Waals surface area contributed by atoms with Crippen LogP contribution in [0.5, 0.6) is 5.88 Å². The topological polar surface area (TPSA) is 75.5 Å². The van der Waals surface area contributed by atoms with E-state index in [1.165, 1.54) is 23.8 Å². The predicted molar refractivity (Wildman–Crippen MR) is 80.1 cm³/mol. The van der Waals surface area contributed by atoms with E-state index in [-0.39, 0.29) is 11.9 Å². The molecule has 0 aliphatic rings. The molecule has 1 rings (SSSR count). The molecule has 0 fully saturated rings. The van der Waals surface area contributed by atoms with Crippen molar-refractivity contribution >= 4 is 18.0 Å². The number of ether oxygens (including phenoxy) is 2. The van der Waals surface area contributed by atoms with Crippen molar-refractivity contribution in [2.45, 2.75) is 32.7 Å². The third-order valence-corrected chi connectivity index (χ3v) is 3.24. The van der Waals surface area contributed by atoms with Gasteiger partial charge >= 0.3 is 5.97 Å². The smallest absolute Gasteiger partial charge is 0.330 e. The van der Waals surface area contributed by atoms with Crippen LogP contribution in [0.2, 0.25) is 0 Å². The van der Waals surface area contributed by atoms with Gasteiger partial charge in [0.2, 0.25) is 0 Å². The average Bonchev–Trinajstić information content (AvgIpc) is 2.90. The summed E-state index contributed by atoms with van der Waals surface area (Å²) >= 11 is 1.36. The molecule has 1 aromatic heterocycles. The monoisotopic (exact) mass is 317 g/mol. The molecule has 1 aromatic rings. The fraction of sp³-hybridized carbons (Fsp3) is 0.769. The van der Waals surface area contributed by atoms with Crippen LogP contribution in [-0.2, 0) is 13.7 Å². The first-order chi connectivity index (χ1) is 10.1. The molecule has 21 heavy (non-hydrogen) atoms. The quantitative estimate of drug-likeness (QED) is 0.371. The Morgan fingerprint density at radius 3 is 2.71 bits per heavy atom. The molecule has 0 aromatic carbocycles. The summed E-state index contributed by atoms with van der Waals surface area (Å²) in [6, 6.07) is -0.491. The first-order valence-electron chi connectivity index (χ1n) is 6.88. The van der Waals surface area contributed by atoms with Crippen molar-refractivity contribution in [3.8, 4) is 5.88 Å². The van der Waals surface area contributed by atoms with Crippen LogP contribution in [0.25, 0.3) is 0 Å². The van der Waals surface area contributed by atoms with Gasteiger partial charge in [0, 0.05) is 6.26 Å². The summed E-state index contributed by atoms with van der Waals surface area (Å²) in [5, 5.41) is 7.87. The van der Waals surface area contributed by atoms with Crippen molar-refractivity contribution in [3.05, 3.63) is 6.20 Å². The molecule has 1 unspecified atom stereocenters. The Labute approximate surface area is 129 Å². The summed E-state index contributed by atoms with van der Waals surface area (Å²) in [4.78, 5) is 11.8. The second-order valence-corrected chi connectivity index (χ2v) is 5.36. The molecule has 0 saturated carbocycles. The van der Waals surface area contributed by atoms with Crippen molar-refractivity contribution in [2.75, 3.05) is 26.6 Å². The maximum atomic E-state index is 11.8. The number of rotatable bonds is 10. The number of carbonyl (C=O) groups is 1. The maximum absolute atomic E-state index is 11.8. The normalized spacial score (nSPS) is 12.4. The summed E-state index contributed by atoms with van der Waals surface area (Å²) < 4.78 is 16.9. The number of esters is 1. The minimum absolute atomic E-state index is 0.0516. The van der Waals surface area contributed by atoms with Crippen LogP contribution in [0.3, 0.4) is 0 Å². The zero-order valence-electron chi connectivity index (χ0n) is 12.9. The minimum atomic E-state index is -0.491. The zero-order chi connectivity index (χ0) is 15.7. The van der Waals surface area contributed by atoms with Gasteiger partial charge in [-0.2, -0.15) is 0 Å². The number of methoxy groups -OCH3 is 1. The van der Waals surface area contributed by atoms with Crippen LogP contribution >= 0.6 is 12.0 Å². The standard InChI is InChI=1S/C13H23N3O4S/c1-10(2)12(13(17)18-3)16-9-11(14-15-16)19-7-5-6-8-20-21-4/h9-10,12H,5-8H2,1-4H3. The number of hydrogen-bond donors (Lipinski definition) is 0. The highest BCUT2D eigenvalue weighted by molar-refractivity contribution is 7.93. The lowest BCUT2D eigenvalue weighted by Crippen LogP contribution is -2.26. The van der Waals surface area contributed by atoms with Gasteiger partial charge in [0.05, 0.1) is 26.5 Å². The molecule has 1 atom stereocenters. The van der Waals surface area contributed by atoms with Gasteiger partial charge in [0.1, 0.15) is 0 Å². The van der Waals surface area contributed by atoms with E-state index < -0.39 is 6.04 Å². The van der Waals surface area contributed by atoms with E-state index in [9.17, 15) is 4.79 Å². The number of hydrogen-bond acceptors (Lipinski definition) is 7. The molecule has 0 bridgehead atoms. The van der Waals surface area contributed by atoms with Gasteiger partial charge in [-0.15, -0.1) is 0 Å². The predicted octanol–water partition coefficient (Wildman–Crippen LogP) is 2.10. The Bertz CT molecular complexity index is 425. The largest absolute Gasteiger partial charge is 0.475 e. The lowest BCUT2D eigenvalue weighted by molar-refractivity contribution is -0.146. The van der Waals surface area contributed by atoms with E-state index in [4.69, 9.17) is 13.7 Å².